The van der Waals surface area contributed by atoms with Gasteiger partial charge in [0, 0.05) is 24.3 Å². The van der Waals surface area contributed by atoms with Gasteiger partial charge in [0.2, 0.25) is 0 Å². The molecule has 3 rings (SSSR count). The van der Waals surface area contributed by atoms with Gasteiger partial charge in [0.05, 0.1) is 0 Å². The molecule has 0 radical (unpaired) electrons. The number of anilines is 1. The van der Waals surface area contributed by atoms with Crippen molar-refractivity contribution < 1.29 is 4.79 Å². The van der Waals surface area contributed by atoms with E-state index in [4.69, 9.17) is 0 Å². The average Bonchev–Trinajstić information content (AvgIpc) is 2.59. The maximum atomic E-state index is 12.5. The van der Waals surface area contributed by atoms with Gasteiger partial charge in [0.15, 0.2) is 0 Å². The number of nitrogens with zero attached hydrogens (tertiary/aromatic N) is 2. The summed E-state index contributed by atoms with van der Waals surface area (Å²) in [5.41, 5.74) is 3.14. The summed E-state index contributed by atoms with van der Waals surface area (Å²) in [7, 11) is 2.20. The van der Waals surface area contributed by atoms with Crippen molar-refractivity contribution in [1.82, 2.24) is 15.1 Å². The first kappa shape index (κ1) is 18.2. The Morgan fingerprint density at radius 2 is 1.76 bits per heavy atom. The van der Waals surface area contributed by atoms with Crippen LogP contribution in [0.1, 0.15) is 36.8 Å². The molecule has 1 atom stereocenters. The first-order valence-corrected chi connectivity index (χ1v) is 9.59. The zero-order chi connectivity index (χ0) is 17.8. The van der Waals surface area contributed by atoms with E-state index in [1.807, 2.05) is 32.0 Å². The molecule has 0 spiro atoms. The molecular weight excluding hydrogens is 312 g/mol. The third kappa shape index (κ3) is 4.73. The Balaban J connectivity index is 1.53. The van der Waals surface area contributed by atoms with Crippen LogP contribution in [0.4, 0.5) is 10.5 Å². The molecule has 138 valence electrons. The minimum Gasteiger partial charge on any atom is -0.334 e. The molecular formula is C20H32N4O. The van der Waals surface area contributed by atoms with E-state index in [1.54, 1.807) is 0 Å². The molecule has 1 aromatic carbocycles. The minimum atomic E-state index is -0.0763. The molecule has 2 heterocycles. The van der Waals surface area contributed by atoms with Crippen LogP contribution in [0.25, 0.3) is 0 Å². The molecule has 0 aliphatic carbocycles. The lowest BCUT2D eigenvalue weighted by Gasteiger charge is -2.41. The van der Waals surface area contributed by atoms with E-state index in [-0.39, 0.29) is 12.1 Å². The van der Waals surface area contributed by atoms with Crippen LogP contribution in [0.5, 0.6) is 0 Å². The molecule has 2 aliphatic rings. The van der Waals surface area contributed by atoms with Crippen molar-refractivity contribution in [2.45, 2.75) is 51.6 Å². The Bertz CT molecular complexity index is 575. The fraction of sp³-hybridized carbons (Fsp3) is 0.650. The van der Waals surface area contributed by atoms with Crippen molar-refractivity contribution >= 4 is 11.7 Å². The number of likely N-dealkylation sites (tertiary alicyclic amines) is 2. The summed E-state index contributed by atoms with van der Waals surface area (Å²) in [6.45, 7) is 8.59. The second-order valence-corrected chi connectivity index (χ2v) is 7.73. The quantitative estimate of drug-likeness (QED) is 0.886. The average molecular weight is 345 g/mol. The van der Waals surface area contributed by atoms with Crippen LogP contribution in [0.15, 0.2) is 18.2 Å². The van der Waals surface area contributed by atoms with Crippen LogP contribution in [0.3, 0.4) is 0 Å². The number of urea groups is 1. The number of amides is 2. The lowest BCUT2D eigenvalue weighted by atomic mass is 9.98. The highest BCUT2D eigenvalue weighted by Crippen LogP contribution is 2.22. The van der Waals surface area contributed by atoms with Gasteiger partial charge in [0.1, 0.15) is 0 Å². The number of carbonyl (C=O) groups is 1. The van der Waals surface area contributed by atoms with Crippen molar-refractivity contribution in [2.75, 3.05) is 38.5 Å². The van der Waals surface area contributed by atoms with Gasteiger partial charge in [-0.3, -0.25) is 4.90 Å². The van der Waals surface area contributed by atoms with Gasteiger partial charge < -0.3 is 15.5 Å². The minimum absolute atomic E-state index is 0.0763. The van der Waals surface area contributed by atoms with E-state index in [9.17, 15) is 4.79 Å². The lowest BCUT2D eigenvalue weighted by Crippen LogP contribution is -2.53. The molecule has 0 unspecified atom stereocenters. The van der Waals surface area contributed by atoms with Crippen LogP contribution in [-0.2, 0) is 0 Å². The lowest BCUT2D eigenvalue weighted by molar-refractivity contribution is 0.0900. The van der Waals surface area contributed by atoms with Crippen LogP contribution in [0.2, 0.25) is 0 Å². The summed E-state index contributed by atoms with van der Waals surface area (Å²) < 4.78 is 0. The van der Waals surface area contributed by atoms with E-state index < -0.39 is 0 Å². The largest absolute Gasteiger partial charge is 0.334 e. The van der Waals surface area contributed by atoms with Gasteiger partial charge in [-0.2, -0.15) is 0 Å². The van der Waals surface area contributed by atoms with E-state index in [0.29, 0.717) is 6.04 Å². The van der Waals surface area contributed by atoms with E-state index >= 15 is 0 Å². The molecule has 2 amide bonds. The van der Waals surface area contributed by atoms with Gasteiger partial charge >= 0.3 is 6.03 Å². The van der Waals surface area contributed by atoms with Crippen LogP contribution in [-0.4, -0.2) is 61.1 Å². The summed E-state index contributed by atoms with van der Waals surface area (Å²) >= 11 is 0. The SMILES string of the molecule is Cc1cccc(C)c1NC(=O)N[C@H]1CCCN(C2CCN(C)CC2)C1. The second-order valence-electron chi connectivity index (χ2n) is 7.73. The molecule has 0 saturated carbocycles. The first-order chi connectivity index (χ1) is 12.0. The maximum Gasteiger partial charge on any atom is 0.319 e. The zero-order valence-electron chi connectivity index (χ0n) is 15.8. The third-order valence-corrected chi connectivity index (χ3v) is 5.71. The van der Waals surface area contributed by atoms with Gasteiger partial charge in [0.25, 0.3) is 0 Å². The molecule has 5 nitrogen and oxygen atoms in total. The van der Waals surface area contributed by atoms with Crippen molar-refractivity contribution in [3.8, 4) is 0 Å². The predicted octanol–water partition coefficient (Wildman–Crippen LogP) is 2.98. The van der Waals surface area contributed by atoms with Gasteiger partial charge in [-0.05, 0) is 77.3 Å². The van der Waals surface area contributed by atoms with Crippen LogP contribution in [0, 0.1) is 13.8 Å². The molecule has 0 bridgehead atoms. The number of benzene rings is 1. The van der Waals surface area contributed by atoms with E-state index in [1.165, 1.54) is 38.9 Å². The van der Waals surface area contributed by atoms with Gasteiger partial charge in [-0.1, -0.05) is 18.2 Å². The molecule has 2 aliphatic heterocycles. The van der Waals surface area contributed by atoms with Gasteiger partial charge in [-0.15, -0.1) is 0 Å². The number of hydrogen-bond donors (Lipinski definition) is 2. The van der Waals surface area contributed by atoms with Gasteiger partial charge in [-0.25, -0.2) is 4.79 Å². The van der Waals surface area contributed by atoms with Crippen LogP contribution < -0.4 is 10.6 Å². The summed E-state index contributed by atoms with van der Waals surface area (Å²) in [5, 5.41) is 6.25. The number of rotatable bonds is 3. The Morgan fingerprint density at radius 1 is 1.08 bits per heavy atom. The normalized spacial score (nSPS) is 23.4. The summed E-state index contributed by atoms with van der Waals surface area (Å²) in [5.74, 6) is 0. The van der Waals surface area contributed by atoms with E-state index in [0.717, 1.165) is 29.8 Å². The molecule has 5 heteroatoms. The molecule has 0 aromatic heterocycles. The highest BCUT2D eigenvalue weighted by atomic mass is 16.2. The second kappa shape index (κ2) is 8.19. The Labute approximate surface area is 151 Å². The summed E-state index contributed by atoms with van der Waals surface area (Å²) in [6, 6.07) is 6.94. The molecule has 2 N–H and O–H groups in total. The fourth-order valence-electron chi connectivity index (χ4n) is 4.16. The number of carbonyl (C=O) groups excluding carboxylic acids is 1. The number of para-hydroxylation sites is 1. The van der Waals surface area contributed by atoms with E-state index in [2.05, 4.69) is 27.5 Å². The fourth-order valence-corrected chi connectivity index (χ4v) is 4.16. The van der Waals surface area contributed by atoms with Crippen molar-refractivity contribution in [3.63, 3.8) is 0 Å². The Hall–Kier alpha value is -1.59. The number of aryl methyl sites for hydroxylation is 2. The molecule has 25 heavy (non-hydrogen) atoms. The summed E-state index contributed by atoms with van der Waals surface area (Å²) in [4.78, 5) is 17.5. The topological polar surface area (TPSA) is 47.6 Å². The highest BCUT2D eigenvalue weighted by Gasteiger charge is 2.28. The molecule has 2 saturated heterocycles. The number of piperidine rings is 2. The van der Waals surface area contributed by atoms with Crippen molar-refractivity contribution in [1.29, 1.82) is 0 Å². The Kier molecular flexibility index (Phi) is 5.97. The smallest absolute Gasteiger partial charge is 0.319 e. The highest BCUT2D eigenvalue weighted by molar-refractivity contribution is 5.91. The zero-order valence-corrected chi connectivity index (χ0v) is 15.8. The maximum absolute atomic E-state index is 12.5. The number of hydrogen-bond acceptors (Lipinski definition) is 3. The Morgan fingerprint density at radius 3 is 2.44 bits per heavy atom. The monoisotopic (exact) mass is 344 g/mol. The van der Waals surface area contributed by atoms with Crippen molar-refractivity contribution in [2.24, 2.45) is 0 Å². The standard InChI is InChI=1S/C20H32N4O/c1-15-6-4-7-16(2)19(15)22-20(25)21-17-8-5-11-24(14-17)18-9-12-23(3)13-10-18/h4,6-7,17-18H,5,8-14H2,1-3H3,(H2,21,22,25)/t17-/m0/s1. The third-order valence-electron chi connectivity index (χ3n) is 5.71. The van der Waals surface area contributed by atoms with Crippen molar-refractivity contribution in [3.05, 3.63) is 29.3 Å². The predicted molar refractivity (Wildman–Crippen MR) is 103 cm³/mol. The van der Waals surface area contributed by atoms with Crippen LogP contribution >= 0.6 is 0 Å². The first-order valence-electron chi connectivity index (χ1n) is 9.59. The summed E-state index contributed by atoms with van der Waals surface area (Å²) in [6.07, 6.45) is 4.74. The molecule has 1 aromatic rings. The molecule has 2 fully saturated rings. The number of nitrogens with one attached hydrogen (secondary N) is 2.